The Hall–Kier alpha value is -1.55. The van der Waals surface area contributed by atoms with Gasteiger partial charge in [0.05, 0.1) is 0 Å². The molecule has 1 aromatic rings. The molecule has 0 radical (unpaired) electrons. The summed E-state index contributed by atoms with van der Waals surface area (Å²) in [5.74, 6) is 0.0612. The van der Waals surface area contributed by atoms with Crippen LogP contribution < -0.4 is 5.32 Å². The summed E-state index contributed by atoms with van der Waals surface area (Å²) >= 11 is 6.22. The van der Waals surface area contributed by atoms with Crippen molar-refractivity contribution in [2.24, 2.45) is 5.41 Å². The van der Waals surface area contributed by atoms with Gasteiger partial charge in [-0.3, -0.25) is 4.79 Å². The molecule has 128 valence electrons. The zero-order chi connectivity index (χ0) is 17.8. The Kier molecular flexibility index (Phi) is 6.23. The van der Waals surface area contributed by atoms with Gasteiger partial charge in [0.25, 0.3) is 0 Å². The number of carbonyl (C=O) groups is 2. The molecule has 4 nitrogen and oxygen atoms in total. The number of Topliss-reactive ketones (excluding diaryl/α,β-unsaturated/α-hetero) is 1. The maximum atomic E-state index is 12.2. The van der Waals surface area contributed by atoms with Crippen molar-refractivity contribution in [1.29, 1.82) is 0 Å². The molecule has 0 atom stereocenters. The number of benzene rings is 1. The maximum absolute atomic E-state index is 12.2. The standard InChI is InChI=1S/C18H26ClNO3/c1-17(2,3)10-15(21)12-7-8-13(14(19)9-12)11-20-16(22)23-18(4,5)6/h7-9H,10-11H2,1-6H3,(H,20,22). The normalized spacial score (nSPS) is 12.0. The van der Waals surface area contributed by atoms with Gasteiger partial charge in [-0.2, -0.15) is 0 Å². The summed E-state index contributed by atoms with van der Waals surface area (Å²) in [5.41, 5.74) is 0.716. The van der Waals surface area contributed by atoms with Gasteiger partial charge in [0.1, 0.15) is 5.60 Å². The second kappa shape index (κ2) is 7.35. The number of amides is 1. The Morgan fingerprint density at radius 3 is 2.22 bits per heavy atom. The Labute approximate surface area is 143 Å². The molecule has 0 unspecified atom stereocenters. The van der Waals surface area contributed by atoms with Crippen molar-refractivity contribution in [2.75, 3.05) is 0 Å². The van der Waals surface area contributed by atoms with Crippen LogP contribution in [0, 0.1) is 5.41 Å². The van der Waals surface area contributed by atoms with E-state index in [9.17, 15) is 9.59 Å². The zero-order valence-electron chi connectivity index (χ0n) is 14.7. The third-order valence-corrected chi connectivity index (χ3v) is 3.24. The third-order valence-electron chi connectivity index (χ3n) is 2.89. The van der Waals surface area contributed by atoms with E-state index in [2.05, 4.69) is 5.32 Å². The lowest BCUT2D eigenvalue weighted by atomic mass is 9.88. The number of alkyl carbamates (subject to hydrolysis) is 1. The van der Waals surface area contributed by atoms with Gasteiger partial charge in [-0.05, 0) is 37.8 Å². The lowest BCUT2D eigenvalue weighted by molar-refractivity contribution is 0.0523. The minimum atomic E-state index is -0.545. The van der Waals surface area contributed by atoms with Gasteiger partial charge < -0.3 is 10.1 Å². The summed E-state index contributed by atoms with van der Waals surface area (Å²) < 4.78 is 5.17. The molecule has 0 saturated heterocycles. The number of rotatable bonds is 4. The highest BCUT2D eigenvalue weighted by atomic mass is 35.5. The van der Waals surface area contributed by atoms with Crippen molar-refractivity contribution >= 4 is 23.5 Å². The molecular formula is C18H26ClNO3. The van der Waals surface area contributed by atoms with Crippen LogP contribution in [-0.4, -0.2) is 17.5 Å². The summed E-state index contributed by atoms with van der Waals surface area (Å²) in [6.07, 6.45) is -0.0415. The number of ether oxygens (including phenoxy) is 1. The summed E-state index contributed by atoms with van der Waals surface area (Å²) in [5, 5.41) is 3.11. The first-order valence-corrected chi connectivity index (χ1v) is 8.04. The van der Waals surface area contributed by atoms with Crippen molar-refractivity contribution < 1.29 is 14.3 Å². The van der Waals surface area contributed by atoms with Crippen LogP contribution in [0.15, 0.2) is 18.2 Å². The van der Waals surface area contributed by atoms with Gasteiger partial charge in [-0.15, -0.1) is 0 Å². The third kappa shape index (κ3) is 7.51. The molecule has 0 aromatic heterocycles. The SMILES string of the molecule is CC(C)(C)CC(=O)c1ccc(CNC(=O)OC(C)(C)C)c(Cl)c1. The summed E-state index contributed by atoms with van der Waals surface area (Å²) in [4.78, 5) is 23.8. The van der Waals surface area contributed by atoms with Crippen molar-refractivity contribution in [3.05, 3.63) is 34.3 Å². The fourth-order valence-electron chi connectivity index (χ4n) is 1.93. The quantitative estimate of drug-likeness (QED) is 0.787. The number of ketones is 1. The molecular weight excluding hydrogens is 314 g/mol. The fourth-order valence-corrected chi connectivity index (χ4v) is 2.18. The van der Waals surface area contributed by atoms with E-state index in [1.165, 1.54) is 0 Å². The second-order valence-corrected chi connectivity index (χ2v) is 8.23. The van der Waals surface area contributed by atoms with Gasteiger partial charge in [-0.25, -0.2) is 4.79 Å². The lowest BCUT2D eigenvalue weighted by Crippen LogP contribution is -2.32. The van der Waals surface area contributed by atoms with Crippen LogP contribution in [0.5, 0.6) is 0 Å². The first kappa shape index (κ1) is 19.5. The maximum Gasteiger partial charge on any atom is 0.407 e. The molecule has 0 bridgehead atoms. The first-order chi connectivity index (χ1) is 10.4. The van der Waals surface area contributed by atoms with E-state index in [0.717, 1.165) is 5.56 Å². The molecule has 0 aliphatic heterocycles. The average molecular weight is 340 g/mol. The Bertz CT molecular complexity index is 583. The highest BCUT2D eigenvalue weighted by Gasteiger charge is 2.19. The minimum absolute atomic E-state index is 0.0612. The van der Waals surface area contributed by atoms with Gasteiger partial charge in [-0.1, -0.05) is 44.5 Å². The molecule has 0 fully saturated rings. The molecule has 0 heterocycles. The molecule has 23 heavy (non-hydrogen) atoms. The zero-order valence-corrected chi connectivity index (χ0v) is 15.5. The van der Waals surface area contributed by atoms with Crippen LogP contribution in [0.2, 0.25) is 5.02 Å². The van der Waals surface area contributed by atoms with Crippen LogP contribution >= 0.6 is 11.6 Å². The summed E-state index contributed by atoms with van der Waals surface area (Å²) in [6.45, 7) is 11.7. The van der Waals surface area contributed by atoms with Gasteiger partial charge in [0, 0.05) is 23.6 Å². The van der Waals surface area contributed by atoms with Crippen LogP contribution in [0.1, 0.15) is 63.9 Å². The highest BCUT2D eigenvalue weighted by Crippen LogP contribution is 2.24. The summed E-state index contributed by atoms with van der Waals surface area (Å²) in [7, 11) is 0. The van der Waals surface area contributed by atoms with E-state index in [1.807, 2.05) is 20.8 Å². The number of hydrogen-bond donors (Lipinski definition) is 1. The molecule has 1 N–H and O–H groups in total. The Morgan fingerprint density at radius 1 is 1.13 bits per heavy atom. The Morgan fingerprint density at radius 2 is 1.74 bits per heavy atom. The smallest absolute Gasteiger partial charge is 0.407 e. The van der Waals surface area contributed by atoms with Gasteiger partial charge in [0.15, 0.2) is 5.78 Å². The molecule has 0 aliphatic rings. The van der Waals surface area contributed by atoms with Crippen LogP contribution in [0.4, 0.5) is 4.79 Å². The molecule has 0 aliphatic carbocycles. The van der Waals surface area contributed by atoms with Gasteiger partial charge >= 0.3 is 6.09 Å². The van der Waals surface area contributed by atoms with Crippen LogP contribution in [-0.2, 0) is 11.3 Å². The van der Waals surface area contributed by atoms with E-state index >= 15 is 0 Å². The molecule has 0 saturated carbocycles. The average Bonchev–Trinajstić information content (AvgIpc) is 2.33. The Balaban J connectivity index is 2.70. The number of carbonyl (C=O) groups excluding carboxylic acids is 2. The fraction of sp³-hybridized carbons (Fsp3) is 0.556. The molecule has 5 heteroatoms. The molecule has 1 aromatic carbocycles. The predicted octanol–water partition coefficient (Wildman–Crippen LogP) is 4.98. The van der Waals surface area contributed by atoms with E-state index < -0.39 is 11.7 Å². The first-order valence-electron chi connectivity index (χ1n) is 7.66. The van der Waals surface area contributed by atoms with Crippen molar-refractivity contribution in [3.63, 3.8) is 0 Å². The monoisotopic (exact) mass is 339 g/mol. The van der Waals surface area contributed by atoms with Crippen molar-refractivity contribution in [2.45, 2.75) is 60.1 Å². The van der Waals surface area contributed by atoms with E-state index in [0.29, 0.717) is 17.0 Å². The predicted molar refractivity (Wildman–Crippen MR) is 92.9 cm³/mol. The second-order valence-electron chi connectivity index (χ2n) is 7.82. The largest absolute Gasteiger partial charge is 0.444 e. The van der Waals surface area contributed by atoms with E-state index in [1.54, 1.807) is 39.0 Å². The number of nitrogens with one attached hydrogen (secondary N) is 1. The van der Waals surface area contributed by atoms with Crippen LogP contribution in [0.3, 0.4) is 0 Å². The van der Waals surface area contributed by atoms with Crippen molar-refractivity contribution in [3.8, 4) is 0 Å². The molecule has 1 amide bonds. The van der Waals surface area contributed by atoms with E-state index in [-0.39, 0.29) is 17.7 Å². The van der Waals surface area contributed by atoms with Crippen molar-refractivity contribution in [1.82, 2.24) is 5.32 Å². The topological polar surface area (TPSA) is 55.4 Å². The lowest BCUT2D eigenvalue weighted by Gasteiger charge is -2.20. The number of halogens is 1. The summed E-state index contributed by atoms with van der Waals surface area (Å²) in [6, 6.07) is 5.16. The minimum Gasteiger partial charge on any atom is -0.444 e. The van der Waals surface area contributed by atoms with E-state index in [4.69, 9.17) is 16.3 Å². The van der Waals surface area contributed by atoms with Gasteiger partial charge in [0.2, 0.25) is 0 Å². The highest BCUT2D eigenvalue weighted by molar-refractivity contribution is 6.31. The molecule has 0 spiro atoms. The molecule has 1 rings (SSSR count). The van der Waals surface area contributed by atoms with Crippen LogP contribution in [0.25, 0.3) is 0 Å². The number of hydrogen-bond acceptors (Lipinski definition) is 3.